The lowest BCUT2D eigenvalue weighted by Gasteiger charge is -2.08. The number of hydrogen-bond donors (Lipinski definition) is 1. The van der Waals surface area contributed by atoms with Crippen molar-refractivity contribution in [3.8, 4) is 0 Å². The van der Waals surface area contributed by atoms with Gasteiger partial charge in [0.25, 0.3) is 5.56 Å². The second-order valence-corrected chi connectivity index (χ2v) is 6.57. The van der Waals surface area contributed by atoms with Gasteiger partial charge < -0.3 is 5.32 Å². The van der Waals surface area contributed by atoms with Crippen LogP contribution in [-0.4, -0.2) is 16.1 Å². The van der Waals surface area contributed by atoms with Gasteiger partial charge in [0, 0.05) is 23.2 Å². The Kier molecular flexibility index (Phi) is 4.07. The van der Waals surface area contributed by atoms with E-state index in [-0.39, 0.29) is 5.56 Å². The maximum atomic E-state index is 12.3. The molecular formula is C15H14BrN3OS. The van der Waals surface area contributed by atoms with E-state index in [1.807, 2.05) is 36.6 Å². The molecule has 0 saturated heterocycles. The molecule has 21 heavy (non-hydrogen) atoms. The van der Waals surface area contributed by atoms with Crippen molar-refractivity contribution in [2.45, 2.75) is 13.5 Å². The molecule has 0 amide bonds. The predicted octanol–water partition coefficient (Wildman–Crippen LogP) is 3.64. The van der Waals surface area contributed by atoms with Gasteiger partial charge in [0.1, 0.15) is 4.70 Å². The van der Waals surface area contributed by atoms with E-state index in [4.69, 9.17) is 0 Å². The largest absolute Gasteiger partial charge is 0.383 e. The molecule has 0 unspecified atom stereocenters. The summed E-state index contributed by atoms with van der Waals surface area (Å²) in [5, 5.41) is 5.28. The molecule has 0 aliphatic rings. The fourth-order valence-corrected chi connectivity index (χ4v) is 3.49. The molecule has 4 nitrogen and oxygen atoms in total. The Morgan fingerprint density at radius 3 is 3.10 bits per heavy atom. The van der Waals surface area contributed by atoms with Gasteiger partial charge in [0.05, 0.1) is 11.8 Å². The number of hydrogen-bond acceptors (Lipinski definition) is 4. The normalized spacial score (nSPS) is 11.0. The van der Waals surface area contributed by atoms with Crippen molar-refractivity contribution in [3.63, 3.8) is 0 Å². The first-order chi connectivity index (χ1) is 10.1. The summed E-state index contributed by atoms with van der Waals surface area (Å²) in [5.41, 5.74) is 2.94. The predicted molar refractivity (Wildman–Crippen MR) is 91.2 cm³/mol. The van der Waals surface area contributed by atoms with Gasteiger partial charge >= 0.3 is 0 Å². The highest BCUT2D eigenvalue weighted by molar-refractivity contribution is 9.10. The van der Waals surface area contributed by atoms with Crippen molar-refractivity contribution < 1.29 is 0 Å². The number of nitrogens with zero attached hydrogens (tertiary/aromatic N) is 2. The summed E-state index contributed by atoms with van der Waals surface area (Å²) >= 11 is 4.90. The van der Waals surface area contributed by atoms with Crippen LogP contribution in [0.2, 0.25) is 0 Å². The van der Waals surface area contributed by atoms with E-state index < -0.39 is 0 Å². The molecule has 3 rings (SSSR count). The zero-order valence-electron chi connectivity index (χ0n) is 11.5. The Morgan fingerprint density at radius 1 is 1.43 bits per heavy atom. The van der Waals surface area contributed by atoms with Gasteiger partial charge in [0.15, 0.2) is 0 Å². The summed E-state index contributed by atoms with van der Waals surface area (Å²) in [4.78, 5) is 16.7. The number of benzene rings is 1. The molecule has 0 aliphatic carbocycles. The van der Waals surface area contributed by atoms with Crippen molar-refractivity contribution in [2.75, 3.05) is 11.9 Å². The number of rotatable bonds is 4. The molecule has 0 fully saturated rings. The summed E-state index contributed by atoms with van der Waals surface area (Å²) in [7, 11) is 0. The summed E-state index contributed by atoms with van der Waals surface area (Å²) in [5.74, 6) is 0. The zero-order valence-corrected chi connectivity index (χ0v) is 13.9. The Hall–Kier alpha value is -1.66. The fraction of sp³-hybridized carbons (Fsp3) is 0.200. The van der Waals surface area contributed by atoms with Crippen LogP contribution in [-0.2, 0) is 6.54 Å². The summed E-state index contributed by atoms with van der Waals surface area (Å²) in [6.45, 7) is 3.24. The maximum Gasteiger partial charge on any atom is 0.271 e. The highest BCUT2D eigenvalue weighted by atomic mass is 79.9. The van der Waals surface area contributed by atoms with Gasteiger partial charge in [-0.3, -0.25) is 9.36 Å². The average Bonchev–Trinajstić information content (AvgIpc) is 2.84. The van der Waals surface area contributed by atoms with Crippen LogP contribution in [0, 0.1) is 6.92 Å². The van der Waals surface area contributed by atoms with E-state index >= 15 is 0 Å². The minimum Gasteiger partial charge on any atom is -0.383 e. The van der Waals surface area contributed by atoms with E-state index in [1.165, 1.54) is 11.3 Å². The SMILES string of the molecule is Cc1csc2c(=O)n(CCNc3cccc(Br)c3)cnc12. The number of aromatic nitrogens is 2. The van der Waals surface area contributed by atoms with E-state index in [9.17, 15) is 4.79 Å². The third-order valence-corrected chi connectivity index (χ3v) is 4.80. The monoisotopic (exact) mass is 363 g/mol. The Balaban J connectivity index is 1.74. The van der Waals surface area contributed by atoms with E-state index in [0.29, 0.717) is 13.1 Å². The van der Waals surface area contributed by atoms with Crippen LogP contribution in [0.5, 0.6) is 0 Å². The molecule has 0 radical (unpaired) electrons. The third kappa shape index (κ3) is 3.01. The van der Waals surface area contributed by atoms with Gasteiger partial charge in [-0.1, -0.05) is 22.0 Å². The molecule has 3 aromatic rings. The summed E-state index contributed by atoms with van der Waals surface area (Å²) in [6.07, 6.45) is 1.63. The molecule has 2 aromatic heterocycles. The molecule has 108 valence electrons. The molecular weight excluding hydrogens is 350 g/mol. The molecule has 0 atom stereocenters. The molecule has 0 bridgehead atoms. The molecule has 1 aromatic carbocycles. The van der Waals surface area contributed by atoms with Crippen molar-refractivity contribution in [3.05, 3.63) is 56.4 Å². The lowest BCUT2D eigenvalue weighted by atomic mass is 10.3. The highest BCUT2D eigenvalue weighted by Gasteiger charge is 2.07. The van der Waals surface area contributed by atoms with Crippen LogP contribution < -0.4 is 10.9 Å². The molecule has 2 heterocycles. The fourth-order valence-electron chi connectivity index (χ4n) is 2.14. The van der Waals surface area contributed by atoms with Crippen molar-refractivity contribution in [1.29, 1.82) is 0 Å². The van der Waals surface area contributed by atoms with Crippen molar-refractivity contribution in [1.82, 2.24) is 9.55 Å². The van der Waals surface area contributed by atoms with Crippen LogP contribution >= 0.6 is 27.3 Å². The minimum absolute atomic E-state index is 0.0362. The molecule has 1 N–H and O–H groups in total. The van der Waals surface area contributed by atoms with E-state index in [2.05, 4.69) is 26.2 Å². The molecule has 0 saturated carbocycles. The topological polar surface area (TPSA) is 46.9 Å². The van der Waals surface area contributed by atoms with Crippen LogP contribution in [0.4, 0.5) is 5.69 Å². The summed E-state index contributed by atoms with van der Waals surface area (Å²) in [6, 6.07) is 7.96. The van der Waals surface area contributed by atoms with Gasteiger partial charge in [-0.15, -0.1) is 11.3 Å². The number of fused-ring (bicyclic) bond motifs is 1. The van der Waals surface area contributed by atoms with E-state index in [0.717, 1.165) is 25.9 Å². The van der Waals surface area contributed by atoms with E-state index in [1.54, 1.807) is 10.9 Å². The Morgan fingerprint density at radius 2 is 2.29 bits per heavy atom. The lowest BCUT2D eigenvalue weighted by molar-refractivity contribution is 0.690. The molecule has 6 heteroatoms. The lowest BCUT2D eigenvalue weighted by Crippen LogP contribution is -2.23. The second kappa shape index (κ2) is 5.99. The zero-order chi connectivity index (χ0) is 14.8. The number of anilines is 1. The van der Waals surface area contributed by atoms with Gasteiger partial charge in [0.2, 0.25) is 0 Å². The summed E-state index contributed by atoms with van der Waals surface area (Å²) < 4.78 is 3.42. The molecule has 0 aliphatic heterocycles. The number of halogens is 1. The first-order valence-corrected chi connectivity index (χ1v) is 8.25. The van der Waals surface area contributed by atoms with Crippen LogP contribution in [0.25, 0.3) is 10.2 Å². The number of thiophene rings is 1. The van der Waals surface area contributed by atoms with Crippen LogP contribution in [0.1, 0.15) is 5.56 Å². The van der Waals surface area contributed by atoms with Crippen LogP contribution in [0.15, 0.2) is 45.2 Å². The van der Waals surface area contributed by atoms with Crippen molar-refractivity contribution >= 4 is 43.2 Å². The average molecular weight is 364 g/mol. The standard InChI is InChI=1S/C15H14BrN3OS/c1-10-8-21-14-13(10)18-9-19(15(14)20)6-5-17-12-4-2-3-11(16)7-12/h2-4,7-9,17H,5-6H2,1H3. The highest BCUT2D eigenvalue weighted by Crippen LogP contribution is 2.19. The van der Waals surface area contributed by atoms with Gasteiger partial charge in [-0.05, 0) is 36.1 Å². The molecule has 0 spiro atoms. The Bertz CT molecular complexity index is 840. The Labute approximate surface area is 134 Å². The smallest absolute Gasteiger partial charge is 0.271 e. The number of aryl methyl sites for hydroxylation is 1. The third-order valence-electron chi connectivity index (χ3n) is 3.23. The minimum atomic E-state index is 0.0362. The maximum absolute atomic E-state index is 12.3. The quantitative estimate of drug-likeness (QED) is 0.769. The number of nitrogens with one attached hydrogen (secondary N) is 1. The van der Waals surface area contributed by atoms with Crippen molar-refractivity contribution in [2.24, 2.45) is 0 Å². The van der Waals surface area contributed by atoms with Crippen LogP contribution in [0.3, 0.4) is 0 Å². The van der Waals surface area contributed by atoms with Gasteiger partial charge in [-0.25, -0.2) is 4.98 Å². The first-order valence-electron chi connectivity index (χ1n) is 6.58. The first kappa shape index (κ1) is 14.3. The second-order valence-electron chi connectivity index (χ2n) is 4.78. The van der Waals surface area contributed by atoms with Gasteiger partial charge in [-0.2, -0.15) is 0 Å².